The summed E-state index contributed by atoms with van der Waals surface area (Å²) in [7, 11) is 0. The molecule has 1 N–H and O–H groups in total. The Hall–Kier alpha value is -3.19. The molecule has 6 nitrogen and oxygen atoms in total. The number of aromatic hydroxyl groups is 1. The summed E-state index contributed by atoms with van der Waals surface area (Å²) in [4.78, 5) is 26.6. The van der Waals surface area contributed by atoms with Crippen molar-refractivity contribution in [3.8, 4) is 5.75 Å². The Balaban J connectivity index is 1.97. The molecule has 2 aromatic carbocycles. The van der Waals surface area contributed by atoms with Crippen LogP contribution in [0.4, 0.5) is 0 Å². The number of fused-ring (bicyclic) bond motifs is 3. The number of hydrogen-bond donors (Lipinski definition) is 1. The number of aromatic nitrogens is 1. The van der Waals surface area contributed by atoms with Gasteiger partial charge in [0.15, 0.2) is 11.4 Å². The molecule has 5 rings (SSSR count). The molecular formula is C24H23N3O3S. The predicted molar refractivity (Wildman–Crippen MR) is 121 cm³/mol. The lowest BCUT2D eigenvalue weighted by molar-refractivity contribution is 0.0621. The lowest BCUT2D eigenvalue weighted by Crippen LogP contribution is -2.57. The zero-order valence-electron chi connectivity index (χ0n) is 26.0. The van der Waals surface area contributed by atoms with E-state index in [4.69, 9.17) is 9.60 Å². The number of thioether (sulfide) groups is 1. The molecule has 31 heavy (non-hydrogen) atoms. The fourth-order valence-corrected chi connectivity index (χ4v) is 4.74. The quantitative estimate of drug-likeness (QED) is 0.654. The molecule has 3 heterocycles. The summed E-state index contributed by atoms with van der Waals surface area (Å²) >= 11 is 1.35. The molecule has 2 aliphatic heterocycles. The third-order valence-corrected chi connectivity index (χ3v) is 6.23. The van der Waals surface area contributed by atoms with Gasteiger partial charge in [-0.1, -0.05) is 42.5 Å². The molecular weight excluding hydrogens is 410 g/mol. The van der Waals surface area contributed by atoms with E-state index in [0.717, 1.165) is 16.9 Å². The van der Waals surface area contributed by atoms with Gasteiger partial charge in [-0.3, -0.25) is 19.3 Å². The van der Waals surface area contributed by atoms with Gasteiger partial charge in [-0.2, -0.15) is 0 Å². The Morgan fingerprint density at radius 2 is 1.90 bits per heavy atom. The molecule has 0 bridgehead atoms. The van der Waals surface area contributed by atoms with Gasteiger partial charge >= 0.3 is 0 Å². The molecule has 0 aliphatic carbocycles. The first-order valence-electron chi connectivity index (χ1n) is 14.3. The van der Waals surface area contributed by atoms with Crippen molar-refractivity contribution in [3.05, 3.63) is 93.4 Å². The monoisotopic (exact) mass is 443 g/mol. The molecule has 1 aromatic heterocycles. The summed E-state index contributed by atoms with van der Waals surface area (Å²) in [5.41, 5.74) is -1.11. The van der Waals surface area contributed by atoms with Crippen molar-refractivity contribution >= 4 is 17.7 Å². The molecule has 158 valence electrons. The minimum Gasteiger partial charge on any atom is -0.502 e. The van der Waals surface area contributed by atoms with Crippen molar-refractivity contribution < 1.29 is 23.6 Å². The van der Waals surface area contributed by atoms with Crippen molar-refractivity contribution in [2.75, 3.05) is 11.6 Å². The molecule has 0 spiro atoms. The van der Waals surface area contributed by atoms with Crippen LogP contribution in [0.1, 0.15) is 60.6 Å². The van der Waals surface area contributed by atoms with Crippen LogP contribution in [0.5, 0.6) is 5.75 Å². The summed E-state index contributed by atoms with van der Waals surface area (Å²) in [6, 6.07) is 7.67. The van der Waals surface area contributed by atoms with Gasteiger partial charge in [0.05, 0.1) is 11.5 Å². The van der Waals surface area contributed by atoms with Gasteiger partial charge in [0.2, 0.25) is 5.43 Å². The van der Waals surface area contributed by atoms with Gasteiger partial charge in [-0.05, 0) is 36.5 Å². The standard InChI is InChI=1S/C24H23N3O3S/c1-15(2)25-14-27(26-12-11-19(28)23(29)22(26)24(25)30)21-17-8-4-3-7-16(17)13-31-20-10-6-5-9-18(20)21/h3-12,15,21,29H,13-14H2,1-2H3/i1D3,2D3,14D2,15D,21D. The van der Waals surface area contributed by atoms with E-state index in [9.17, 15) is 18.8 Å². The number of amides is 1. The van der Waals surface area contributed by atoms with Crippen LogP contribution < -0.4 is 10.4 Å². The van der Waals surface area contributed by atoms with E-state index in [1.165, 1.54) is 17.8 Å². The van der Waals surface area contributed by atoms with Crippen LogP contribution in [-0.4, -0.2) is 33.2 Å². The van der Waals surface area contributed by atoms with E-state index in [-0.39, 0.29) is 16.0 Å². The number of nitrogens with zero attached hydrogens (tertiary/aromatic N) is 3. The first-order valence-corrected chi connectivity index (χ1v) is 10.3. The molecule has 0 radical (unpaired) electrons. The third kappa shape index (κ3) is 3.11. The van der Waals surface area contributed by atoms with E-state index >= 15 is 0 Å². The van der Waals surface area contributed by atoms with Crippen molar-refractivity contribution in [2.45, 2.75) is 36.4 Å². The van der Waals surface area contributed by atoms with Crippen LogP contribution in [0.15, 0.2) is 70.5 Å². The molecule has 0 saturated carbocycles. The molecule has 1 atom stereocenters. The fourth-order valence-electron chi connectivity index (χ4n) is 3.68. The Labute approximate surface area is 198 Å². The molecule has 1 unspecified atom stereocenters. The predicted octanol–water partition coefficient (Wildman–Crippen LogP) is 3.71. The van der Waals surface area contributed by atoms with Crippen LogP contribution >= 0.6 is 11.8 Å². The third-order valence-electron chi connectivity index (χ3n) is 5.10. The average molecular weight is 444 g/mol. The summed E-state index contributed by atoms with van der Waals surface area (Å²) in [5, 5.41) is 11.4. The Kier molecular flexibility index (Phi) is 2.77. The highest BCUT2D eigenvalue weighted by Gasteiger charge is 2.39. The van der Waals surface area contributed by atoms with Crippen molar-refractivity contribution in [3.63, 3.8) is 0 Å². The van der Waals surface area contributed by atoms with Gasteiger partial charge in [0, 0.05) is 37.2 Å². The first-order chi connectivity index (χ1) is 18.9. The van der Waals surface area contributed by atoms with E-state index in [1.54, 1.807) is 42.5 Å². The lowest BCUT2D eigenvalue weighted by atomic mass is 9.94. The first kappa shape index (κ1) is 11.4. The second-order valence-corrected chi connectivity index (χ2v) is 7.93. The fraction of sp³-hybridized carbons (Fsp3) is 0.250. The molecule has 3 aromatic rings. The maximum Gasteiger partial charge on any atom is 0.278 e. The molecule has 1 amide bonds. The maximum absolute atomic E-state index is 13.9. The number of benzene rings is 2. The van der Waals surface area contributed by atoms with E-state index in [0.29, 0.717) is 21.2 Å². The number of hydrogen-bond acceptors (Lipinski definition) is 5. The Morgan fingerprint density at radius 1 is 1.16 bits per heavy atom. The van der Waals surface area contributed by atoms with Crippen LogP contribution in [0.3, 0.4) is 0 Å². The summed E-state index contributed by atoms with van der Waals surface area (Å²) in [5.74, 6) is -2.60. The topological polar surface area (TPSA) is 65.8 Å². The largest absolute Gasteiger partial charge is 0.502 e. The van der Waals surface area contributed by atoms with Crippen molar-refractivity contribution in [2.24, 2.45) is 0 Å². The van der Waals surface area contributed by atoms with Crippen LogP contribution in [0, 0.1) is 0 Å². The van der Waals surface area contributed by atoms with Crippen molar-refractivity contribution in [1.82, 2.24) is 9.58 Å². The van der Waals surface area contributed by atoms with Gasteiger partial charge in [-0.15, -0.1) is 11.8 Å². The Bertz CT molecular complexity index is 1560. The van der Waals surface area contributed by atoms with Gasteiger partial charge < -0.3 is 10.0 Å². The number of rotatable bonds is 2. The SMILES string of the molecule is [2H]C1(N2n3ccc(=O)c(O)c3C(=O)N(C([2H])(C([2H])([2H])[2H])C([2H])([2H])[2H])C2([2H])[2H])c2ccccc2CSc2ccccc21. The lowest BCUT2D eigenvalue weighted by Gasteiger charge is -2.45. The zero-order valence-corrected chi connectivity index (χ0v) is 16.8. The maximum atomic E-state index is 13.9. The highest BCUT2D eigenvalue weighted by Crippen LogP contribution is 2.42. The molecule has 2 aliphatic rings. The Morgan fingerprint density at radius 3 is 2.71 bits per heavy atom. The van der Waals surface area contributed by atoms with Gasteiger partial charge in [0.1, 0.15) is 6.62 Å². The van der Waals surface area contributed by atoms with Gasteiger partial charge in [0.25, 0.3) is 5.91 Å². The second-order valence-electron chi connectivity index (χ2n) is 6.91. The zero-order chi connectivity index (χ0) is 30.3. The number of carbonyl (C=O) groups is 1. The molecule has 0 saturated heterocycles. The summed E-state index contributed by atoms with van der Waals surface area (Å²) < 4.78 is 85.8. The van der Waals surface area contributed by atoms with Crippen molar-refractivity contribution in [1.29, 1.82) is 0 Å². The highest BCUT2D eigenvalue weighted by atomic mass is 32.2. The minimum atomic E-state index is -3.92. The van der Waals surface area contributed by atoms with E-state index < -0.39 is 55.1 Å². The van der Waals surface area contributed by atoms with E-state index in [2.05, 4.69) is 0 Å². The molecule has 7 heteroatoms. The summed E-state index contributed by atoms with van der Waals surface area (Å²) in [6.07, 6.45) is 0.945. The normalized spacial score (nSPS) is 27.7. The van der Waals surface area contributed by atoms with Gasteiger partial charge in [-0.25, -0.2) is 0 Å². The second kappa shape index (κ2) is 7.50. The van der Waals surface area contributed by atoms with E-state index in [1.807, 2.05) is 0 Å². The molecule has 0 fully saturated rings. The number of carbonyl (C=O) groups excluding carboxylic acids is 1. The van der Waals surface area contributed by atoms with Crippen LogP contribution in [-0.2, 0) is 5.75 Å². The van der Waals surface area contributed by atoms with Crippen LogP contribution in [0.2, 0.25) is 0 Å². The smallest absolute Gasteiger partial charge is 0.278 e. The highest BCUT2D eigenvalue weighted by molar-refractivity contribution is 7.98. The van der Waals surface area contributed by atoms with Crippen LogP contribution in [0.25, 0.3) is 0 Å². The summed E-state index contributed by atoms with van der Waals surface area (Å²) in [6.45, 7) is -11.2. The minimum absolute atomic E-state index is 0.190. The number of pyridine rings is 1. The average Bonchev–Trinajstić information content (AvgIpc) is 2.99.